The zero-order valence-electron chi connectivity index (χ0n) is 7.45. The van der Waals surface area contributed by atoms with Gasteiger partial charge >= 0.3 is 0 Å². The molecular weight excluding hydrogens is 156 g/mol. The van der Waals surface area contributed by atoms with Gasteiger partial charge in [-0.2, -0.15) is 0 Å². The molecule has 0 aromatic carbocycles. The third-order valence-corrected chi connectivity index (χ3v) is 2.08. The highest BCUT2D eigenvalue weighted by molar-refractivity contribution is 5.77. The van der Waals surface area contributed by atoms with E-state index in [0.717, 1.165) is 19.4 Å². The van der Waals surface area contributed by atoms with Crippen LogP contribution in [0.2, 0.25) is 0 Å². The van der Waals surface area contributed by atoms with Crippen molar-refractivity contribution in [2.45, 2.75) is 18.9 Å². The van der Waals surface area contributed by atoms with E-state index in [1.165, 1.54) is 7.11 Å². The molecule has 4 heteroatoms. The molecular formula is C8H16N2O2. The first kappa shape index (κ1) is 9.48. The summed E-state index contributed by atoms with van der Waals surface area (Å²) in [6, 6.07) is 0.152. The summed E-state index contributed by atoms with van der Waals surface area (Å²) in [6.45, 7) is 1.69. The number of methoxy groups -OCH3 is 1. The Balaban J connectivity index is 2.35. The fraction of sp³-hybridized carbons (Fsp3) is 0.875. The van der Waals surface area contributed by atoms with Gasteiger partial charge in [-0.1, -0.05) is 0 Å². The topological polar surface area (TPSA) is 55.6 Å². The Kier molecular flexibility index (Phi) is 3.49. The number of piperidine rings is 1. The molecule has 1 aliphatic heterocycles. The third-order valence-electron chi connectivity index (χ3n) is 2.08. The highest BCUT2D eigenvalue weighted by atomic mass is 16.5. The number of rotatable bonds is 2. The van der Waals surface area contributed by atoms with Crippen molar-refractivity contribution in [3.8, 4) is 0 Å². The fourth-order valence-electron chi connectivity index (χ4n) is 1.45. The molecule has 0 bridgehead atoms. The lowest BCUT2D eigenvalue weighted by molar-refractivity contribution is -0.136. The first-order valence-electron chi connectivity index (χ1n) is 4.26. The Morgan fingerprint density at radius 2 is 2.50 bits per heavy atom. The van der Waals surface area contributed by atoms with Gasteiger partial charge in [-0.15, -0.1) is 0 Å². The molecule has 70 valence electrons. The van der Waals surface area contributed by atoms with Crippen LogP contribution in [0.1, 0.15) is 12.8 Å². The average molecular weight is 172 g/mol. The molecule has 1 saturated heterocycles. The molecule has 1 rings (SSSR count). The van der Waals surface area contributed by atoms with Gasteiger partial charge in [0, 0.05) is 26.2 Å². The summed E-state index contributed by atoms with van der Waals surface area (Å²) in [5.74, 6) is 0.0488. The van der Waals surface area contributed by atoms with Gasteiger partial charge < -0.3 is 15.4 Å². The van der Waals surface area contributed by atoms with Crippen molar-refractivity contribution in [3.63, 3.8) is 0 Å². The molecule has 0 aromatic heterocycles. The van der Waals surface area contributed by atoms with Crippen LogP contribution in [-0.2, 0) is 9.53 Å². The number of ether oxygens (including phenoxy) is 1. The second-order valence-corrected chi connectivity index (χ2v) is 3.18. The van der Waals surface area contributed by atoms with E-state index >= 15 is 0 Å². The summed E-state index contributed by atoms with van der Waals surface area (Å²) in [7, 11) is 1.53. The third kappa shape index (κ3) is 2.46. The van der Waals surface area contributed by atoms with E-state index in [2.05, 4.69) is 0 Å². The van der Waals surface area contributed by atoms with E-state index < -0.39 is 0 Å². The minimum atomic E-state index is 0.0488. The Hall–Kier alpha value is -0.610. The number of hydrogen-bond acceptors (Lipinski definition) is 3. The highest BCUT2D eigenvalue weighted by Gasteiger charge is 2.20. The average Bonchev–Trinajstić information content (AvgIpc) is 2.05. The summed E-state index contributed by atoms with van der Waals surface area (Å²) < 4.78 is 4.76. The predicted octanol–water partition coefficient (Wildman–Crippen LogP) is -0.417. The SMILES string of the molecule is COCC(=O)N1CCC[C@H](N)C1. The zero-order valence-corrected chi connectivity index (χ0v) is 7.45. The first-order valence-corrected chi connectivity index (χ1v) is 4.26. The molecule has 2 N–H and O–H groups in total. The predicted molar refractivity (Wildman–Crippen MR) is 45.7 cm³/mol. The van der Waals surface area contributed by atoms with Crippen molar-refractivity contribution >= 4 is 5.91 Å². The minimum absolute atomic E-state index is 0.0488. The zero-order chi connectivity index (χ0) is 8.97. The van der Waals surface area contributed by atoms with Gasteiger partial charge in [-0.3, -0.25) is 4.79 Å². The van der Waals surface area contributed by atoms with Gasteiger partial charge in [0.2, 0.25) is 5.91 Å². The number of nitrogens with zero attached hydrogens (tertiary/aromatic N) is 1. The van der Waals surface area contributed by atoms with Crippen LogP contribution >= 0.6 is 0 Å². The van der Waals surface area contributed by atoms with Crippen molar-refractivity contribution in [1.82, 2.24) is 4.90 Å². The van der Waals surface area contributed by atoms with Crippen LogP contribution in [0.15, 0.2) is 0 Å². The molecule has 4 nitrogen and oxygen atoms in total. The van der Waals surface area contributed by atoms with E-state index in [0.29, 0.717) is 6.54 Å². The van der Waals surface area contributed by atoms with Gasteiger partial charge in [-0.25, -0.2) is 0 Å². The van der Waals surface area contributed by atoms with Crippen LogP contribution in [0, 0.1) is 0 Å². The van der Waals surface area contributed by atoms with Crippen LogP contribution in [0.3, 0.4) is 0 Å². The number of nitrogens with two attached hydrogens (primary N) is 1. The molecule has 0 unspecified atom stereocenters. The number of likely N-dealkylation sites (tertiary alicyclic amines) is 1. The lowest BCUT2D eigenvalue weighted by Gasteiger charge is -2.30. The van der Waals surface area contributed by atoms with Crippen molar-refractivity contribution in [2.24, 2.45) is 5.73 Å². The van der Waals surface area contributed by atoms with Crippen LogP contribution in [0.25, 0.3) is 0 Å². The quantitative estimate of drug-likeness (QED) is 0.615. The molecule has 1 amide bonds. The molecule has 1 atom stereocenters. The summed E-state index contributed by atoms with van der Waals surface area (Å²) in [4.78, 5) is 13.1. The Bertz CT molecular complexity index is 161. The first-order chi connectivity index (χ1) is 5.74. The van der Waals surface area contributed by atoms with Gasteiger partial charge in [-0.05, 0) is 12.8 Å². The van der Waals surface area contributed by atoms with E-state index in [9.17, 15) is 4.79 Å². The van der Waals surface area contributed by atoms with E-state index in [1.807, 2.05) is 0 Å². The Labute approximate surface area is 72.7 Å². The molecule has 0 saturated carbocycles. The maximum absolute atomic E-state index is 11.3. The molecule has 0 aromatic rings. The number of carbonyl (C=O) groups excluding carboxylic acids is 1. The van der Waals surface area contributed by atoms with Gasteiger partial charge in [0.25, 0.3) is 0 Å². The Morgan fingerprint density at radius 1 is 1.75 bits per heavy atom. The lowest BCUT2D eigenvalue weighted by Crippen LogP contribution is -2.46. The van der Waals surface area contributed by atoms with Crippen molar-refractivity contribution < 1.29 is 9.53 Å². The maximum atomic E-state index is 11.3. The van der Waals surface area contributed by atoms with Crippen LogP contribution in [0.4, 0.5) is 0 Å². The molecule has 1 heterocycles. The van der Waals surface area contributed by atoms with E-state index in [-0.39, 0.29) is 18.6 Å². The molecule has 12 heavy (non-hydrogen) atoms. The minimum Gasteiger partial charge on any atom is -0.375 e. The van der Waals surface area contributed by atoms with Gasteiger partial charge in [0.05, 0.1) is 0 Å². The van der Waals surface area contributed by atoms with Crippen molar-refractivity contribution in [3.05, 3.63) is 0 Å². The van der Waals surface area contributed by atoms with E-state index in [1.54, 1.807) is 4.90 Å². The second kappa shape index (κ2) is 4.42. The number of hydrogen-bond donors (Lipinski definition) is 1. The van der Waals surface area contributed by atoms with Crippen LogP contribution in [-0.4, -0.2) is 43.7 Å². The lowest BCUT2D eigenvalue weighted by atomic mass is 10.1. The molecule has 1 fully saturated rings. The summed E-state index contributed by atoms with van der Waals surface area (Å²) in [6.07, 6.45) is 2.04. The van der Waals surface area contributed by atoms with Crippen molar-refractivity contribution in [2.75, 3.05) is 26.8 Å². The van der Waals surface area contributed by atoms with Crippen LogP contribution in [0.5, 0.6) is 0 Å². The Morgan fingerprint density at radius 3 is 3.08 bits per heavy atom. The van der Waals surface area contributed by atoms with E-state index in [4.69, 9.17) is 10.5 Å². The molecule has 0 spiro atoms. The fourth-order valence-corrected chi connectivity index (χ4v) is 1.45. The molecule has 0 radical (unpaired) electrons. The molecule has 1 aliphatic rings. The normalized spacial score (nSPS) is 24.2. The summed E-state index contributed by atoms with van der Waals surface area (Å²) in [5, 5.41) is 0. The standard InChI is InChI=1S/C8H16N2O2/c1-12-6-8(11)10-4-2-3-7(9)5-10/h7H,2-6,9H2,1H3/t7-/m0/s1. The highest BCUT2D eigenvalue weighted by Crippen LogP contribution is 2.07. The summed E-state index contributed by atoms with van der Waals surface area (Å²) in [5.41, 5.74) is 5.72. The van der Waals surface area contributed by atoms with Gasteiger partial charge in [0.1, 0.15) is 6.61 Å². The van der Waals surface area contributed by atoms with Gasteiger partial charge in [0.15, 0.2) is 0 Å². The van der Waals surface area contributed by atoms with Crippen LogP contribution < -0.4 is 5.73 Å². The number of amides is 1. The largest absolute Gasteiger partial charge is 0.375 e. The maximum Gasteiger partial charge on any atom is 0.248 e. The molecule has 0 aliphatic carbocycles. The monoisotopic (exact) mass is 172 g/mol. The van der Waals surface area contributed by atoms with Crippen molar-refractivity contribution in [1.29, 1.82) is 0 Å². The summed E-state index contributed by atoms with van der Waals surface area (Å²) >= 11 is 0. The smallest absolute Gasteiger partial charge is 0.248 e. The number of carbonyl (C=O) groups is 1. The second-order valence-electron chi connectivity index (χ2n) is 3.18.